The zero-order valence-corrected chi connectivity index (χ0v) is 18.2. The van der Waals surface area contributed by atoms with E-state index in [9.17, 15) is 4.79 Å². The van der Waals surface area contributed by atoms with Crippen LogP contribution in [0.2, 0.25) is 0 Å². The van der Waals surface area contributed by atoms with Crippen molar-refractivity contribution in [3.63, 3.8) is 0 Å². The van der Waals surface area contributed by atoms with Gasteiger partial charge in [0, 0.05) is 16.9 Å². The Morgan fingerprint density at radius 3 is 2.36 bits per heavy atom. The lowest BCUT2D eigenvalue weighted by atomic mass is 9.94. The molecule has 0 bridgehead atoms. The van der Waals surface area contributed by atoms with E-state index in [1.165, 1.54) is 5.56 Å². The predicted molar refractivity (Wildman–Crippen MR) is 116 cm³/mol. The summed E-state index contributed by atoms with van der Waals surface area (Å²) in [6, 6.07) is 16.5. The number of halogens is 1. The van der Waals surface area contributed by atoms with Crippen LogP contribution in [0.15, 0.2) is 53.0 Å². The maximum Gasteiger partial charge on any atom is 0.223 e. The third-order valence-electron chi connectivity index (χ3n) is 5.52. The fourth-order valence-electron chi connectivity index (χ4n) is 3.75. The largest absolute Gasteiger partial charge is 0.497 e. The van der Waals surface area contributed by atoms with Crippen molar-refractivity contribution in [1.29, 1.82) is 0 Å². The van der Waals surface area contributed by atoms with Gasteiger partial charge in [-0.2, -0.15) is 0 Å². The standard InChI is InChI=1S/C23H29BrN2O2/c1-3-22(18-6-10-21(28-2)11-7-18)25-23(27)19-12-14-26(15-13-19)16-17-4-8-20(24)9-5-17/h4-11,19,22H,3,12-16H2,1-2H3,(H,25,27)/t22-/m0/s1. The second kappa shape index (κ2) is 10.1. The Hall–Kier alpha value is -1.85. The van der Waals surface area contributed by atoms with Crippen molar-refractivity contribution in [2.45, 2.75) is 38.8 Å². The summed E-state index contributed by atoms with van der Waals surface area (Å²) in [5, 5.41) is 3.26. The van der Waals surface area contributed by atoms with Crippen LogP contribution < -0.4 is 10.1 Å². The number of amides is 1. The molecule has 1 amide bonds. The summed E-state index contributed by atoms with van der Waals surface area (Å²) in [6.07, 6.45) is 2.71. The number of carbonyl (C=O) groups is 1. The fraction of sp³-hybridized carbons (Fsp3) is 0.435. The van der Waals surface area contributed by atoms with E-state index in [1.54, 1.807) is 7.11 Å². The van der Waals surface area contributed by atoms with Gasteiger partial charge in [0.1, 0.15) is 5.75 Å². The lowest BCUT2D eigenvalue weighted by Crippen LogP contribution is -2.41. The van der Waals surface area contributed by atoms with E-state index in [-0.39, 0.29) is 17.9 Å². The molecule has 1 heterocycles. The Labute approximate surface area is 176 Å². The van der Waals surface area contributed by atoms with Crippen LogP contribution in [0, 0.1) is 5.92 Å². The quantitative estimate of drug-likeness (QED) is 0.657. The highest BCUT2D eigenvalue weighted by molar-refractivity contribution is 9.10. The highest BCUT2D eigenvalue weighted by Crippen LogP contribution is 2.24. The Bertz CT molecular complexity index is 753. The van der Waals surface area contributed by atoms with Gasteiger partial charge in [0.05, 0.1) is 13.2 Å². The molecule has 1 saturated heterocycles. The highest BCUT2D eigenvalue weighted by atomic mass is 79.9. The van der Waals surface area contributed by atoms with Gasteiger partial charge in [0.15, 0.2) is 0 Å². The van der Waals surface area contributed by atoms with Gasteiger partial charge in [-0.3, -0.25) is 9.69 Å². The number of carbonyl (C=O) groups excluding carboxylic acids is 1. The van der Waals surface area contributed by atoms with Gasteiger partial charge in [-0.15, -0.1) is 0 Å². The Kier molecular flexibility index (Phi) is 7.51. The Morgan fingerprint density at radius 1 is 1.14 bits per heavy atom. The molecule has 0 radical (unpaired) electrons. The van der Waals surface area contributed by atoms with Crippen molar-refractivity contribution in [1.82, 2.24) is 10.2 Å². The van der Waals surface area contributed by atoms with Crippen LogP contribution in [0.1, 0.15) is 43.4 Å². The molecular weight excluding hydrogens is 416 g/mol. The molecule has 1 atom stereocenters. The van der Waals surface area contributed by atoms with Gasteiger partial charge in [-0.25, -0.2) is 0 Å². The third-order valence-corrected chi connectivity index (χ3v) is 6.05. The molecule has 1 N–H and O–H groups in total. The summed E-state index contributed by atoms with van der Waals surface area (Å²) in [7, 11) is 1.66. The molecular formula is C23H29BrN2O2. The second-order valence-corrected chi connectivity index (χ2v) is 8.34. The number of ether oxygens (including phenoxy) is 1. The third kappa shape index (κ3) is 5.58. The molecule has 0 aromatic heterocycles. The normalized spacial score (nSPS) is 16.5. The maximum absolute atomic E-state index is 12.8. The molecule has 1 fully saturated rings. The number of benzene rings is 2. The molecule has 1 aliphatic rings. The number of nitrogens with one attached hydrogen (secondary N) is 1. The molecule has 28 heavy (non-hydrogen) atoms. The van der Waals surface area contributed by atoms with Crippen LogP contribution in [-0.2, 0) is 11.3 Å². The monoisotopic (exact) mass is 444 g/mol. The molecule has 0 aliphatic carbocycles. The molecule has 0 saturated carbocycles. The zero-order chi connectivity index (χ0) is 19.9. The molecule has 2 aromatic carbocycles. The zero-order valence-electron chi connectivity index (χ0n) is 16.7. The highest BCUT2D eigenvalue weighted by Gasteiger charge is 2.26. The van der Waals surface area contributed by atoms with E-state index in [0.717, 1.165) is 54.7 Å². The number of methoxy groups -OCH3 is 1. The average molecular weight is 445 g/mol. The van der Waals surface area contributed by atoms with Gasteiger partial charge in [0.25, 0.3) is 0 Å². The molecule has 0 spiro atoms. The van der Waals surface area contributed by atoms with E-state index in [0.29, 0.717) is 0 Å². The van der Waals surface area contributed by atoms with E-state index in [1.807, 2.05) is 24.3 Å². The summed E-state index contributed by atoms with van der Waals surface area (Å²) >= 11 is 3.48. The number of piperidine rings is 1. The average Bonchev–Trinajstić information content (AvgIpc) is 2.74. The van der Waals surface area contributed by atoms with Gasteiger partial charge < -0.3 is 10.1 Å². The molecule has 1 aliphatic heterocycles. The summed E-state index contributed by atoms with van der Waals surface area (Å²) in [5.74, 6) is 1.13. The smallest absolute Gasteiger partial charge is 0.223 e. The second-order valence-electron chi connectivity index (χ2n) is 7.42. The molecule has 0 unspecified atom stereocenters. The van der Waals surface area contributed by atoms with Crippen molar-refractivity contribution in [3.05, 3.63) is 64.1 Å². The van der Waals surface area contributed by atoms with Crippen LogP contribution >= 0.6 is 15.9 Å². The summed E-state index contributed by atoms with van der Waals surface area (Å²) in [6.45, 7) is 4.99. The van der Waals surface area contributed by atoms with Crippen molar-refractivity contribution in [3.8, 4) is 5.75 Å². The topological polar surface area (TPSA) is 41.6 Å². The SMILES string of the molecule is CC[C@H](NC(=O)C1CCN(Cc2ccc(Br)cc2)CC1)c1ccc(OC)cc1. The fourth-order valence-corrected chi connectivity index (χ4v) is 4.01. The minimum Gasteiger partial charge on any atom is -0.497 e. The molecule has 2 aromatic rings. The number of hydrogen-bond donors (Lipinski definition) is 1. The Morgan fingerprint density at radius 2 is 1.79 bits per heavy atom. The van der Waals surface area contributed by atoms with E-state index >= 15 is 0 Å². The molecule has 4 nitrogen and oxygen atoms in total. The number of rotatable bonds is 7. The van der Waals surface area contributed by atoms with Crippen LogP contribution in [0.4, 0.5) is 0 Å². The number of hydrogen-bond acceptors (Lipinski definition) is 3. The van der Waals surface area contributed by atoms with Crippen LogP contribution in [0.5, 0.6) is 5.75 Å². The minimum absolute atomic E-state index is 0.0548. The van der Waals surface area contributed by atoms with E-state index in [2.05, 4.69) is 57.3 Å². The first-order valence-corrected chi connectivity index (χ1v) is 10.8. The van der Waals surface area contributed by atoms with Crippen molar-refractivity contribution in [2.24, 2.45) is 5.92 Å². The first-order chi connectivity index (χ1) is 13.6. The van der Waals surface area contributed by atoms with Gasteiger partial charge in [-0.05, 0) is 67.7 Å². The number of likely N-dealkylation sites (tertiary alicyclic amines) is 1. The molecule has 3 rings (SSSR count). The van der Waals surface area contributed by atoms with E-state index in [4.69, 9.17) is 4.74 Å². The first-order valence-electron chi connectivity index (χ1n) is 10.00. The van der Waals surface area contributed by atoms with Gasteiger partial charge >= 0.3 is 0 Å². The summed E-state index contributed by atoms with van der Waals surface area (Å²) < 4.78 is 6.33. The lowest BCUT2D eigenvalue weighted by molar-refractivity contribution is -0.127. The number of nitrogens with zero attached hydrogens (tertiary/aromatic N) is 1. The van der Waals surface area contributed by atoms with Crippen LogP contribution in [0.25, 0.3) is 0 Å². The van der Waals surface area contributed by atoms with Crippen LogP contribution in [-0.4, -0.2) is 31.0 Å². The van der Waals surface area contributed by atoms with Crippen molar-refractivity contribution < 1.29 is 9.53 Å². The van der Waals surface area contributed by atoms with Gasteiger partial charge in [0.2, 0.25) is 5.91 Å². The maximum atomic E-state index is 12.8. The van der Waals surface area contributed by atoms with E-state index < -0.39 is 0 Å². The van der Waals surface area contributed by atoms with Crippen molar-refractivity contribution >= 4 is 21.8 Å². The molecule has 5 heteroatoms. The first kappa shape index (κ1) is 20.9. The lowest BCUT2D eigenvalue weighted by Gasteiger charge is -2.32. The minimum atomic E-state index is 0.0548. The predicted octanol–water partition coefficient (Wildman–Crippen LogP) is 4.94. The molecule has 150 valence electrons. The summed E-state index contributed by atoms with van der Waals surface area (Å²) in [5.41, 5.74) is 2.45. The van der Waals surface area contributed by atoms with Crippen LogP contribution in [0.3, 0.4) is 0 Å². The van der Waals surface area contributed by atoms with Crippen molar-refractivity contribution in [2.75, 3.05) is 20.2 Å². The van der Waals surface area contributed by atoms with Gasteiger partial charge in [-0.1, -0.05) is 47.1 Å². The Balaban J connectivity index is 1.50. The summed E-state index contributed by atoms with van der Waals surface area (Å²) in [4.78, 5) is 15.2.